The number of hydrogen-bond acceptors (Lipinski definition) is 2. The first kappa shape index (κ1) is 14.7. The molecule has 0 saturated heterocycles. The highest BCUT2D eigenvalue weighted by molar-refractivity contribution is 5.89. The lowest BCUT2D eigenvalue weighted by Crippen LogP contribution is -1.95. The van der Waals surface area contributed by atoms with E-state index in [-0.39, 0.29) is 0 Å². The minimum atomic E-state index is 0.638. The van der Waals surface area contributed by atoms with Gasteiger partial charge in [0.25, 0.3) is 0 Å². The molecule has 1 aromatic heterocycles. The topological polar surface area (TPSA) is 38.0 Å². The second kappa shape index (κ2) is 6.67. The number of hydrogen-bond donors (Lipinski definition) is 0. The van der Waals surface area contributed by atoms with Crippen molar-refractivity contribution in [2.24, 2.45) is 0 Å². The lowest BCUT2D eigenvalue weighted by Gasteiger charge is -2.08. The summed E-state index contributed by atoms with van der Waals surface area (Å²) in [6.07, 6.45) is 3.88. The number of allylic oxidation sites excluding steroid dienone is 1. The number of benzene rings is 2. The average molecular weight is 300 g/mol. The lowest BCUT2D eigenvalue weighted by atomic mass is 10.1. The molecule has 0 aliphatic heterocycles. The Hall–Kier alpha value is -3.25. The van der Waals surface area contributed by atoms with E-state index >= 15 is 0 Å². The van der Waals surface area contributed by atoms with Gasteiger partial charge in [-0.15, -0.1) is 0 Å². The zero-order valence-corrected chi connectivity index (χ0v) is 12.8. The third-order valence-electron chi connectivity index (χ3n) is 3.63. The standard InChI is InChI=1S/C20H16N2O/c1-23-20-11-9-18(10-12-20)22-13-5-8-19(22)14-17(15-21)16-6-3-2-4-7-16/h2-14H,1H3/b17-14+. The third-order valence-corrected chi connectivity index (χ3v) is 3.63. The summed E-state index contributed by atoms with van der Waals surface area (Å²) < 4.78 is 7.23. The van der Waals surface area contributed by atoms with Crippen LogP contribution in [0.3, 0.4) is 0 Å². The van der Waals surface area contributed by atoms with Crippen molar-refractivity contribution in [3.05, 3.63) is 84.2 Å². The molecule has 0 atom stereocenters. The van der Waals surface area contributed by atoms with Gasteiger partial charge in [0.1, 0.15) is 5.75 Å². The Morgan fingerprint density at radius 3 is 2.39 bits per heavy atom. The normalized spacial score (nSPS) is 11.0. The van der Waals surface area contributed by atoms with Gasteiger partial charge in [0.05, 0.1) is 18.8 Å². The molecular formula is C20H16N2O. The molecule has 1 heterocycles. The first-order valence-corrected chi connectivity index (χ1v) is 7.31. The van der Waals surface area contributed by atoms with Gasteiger partial charge in [-0.1, -0.05) is 30.3 Å². The van der Waals surface area contributed by atoms with Crippen LogP contribution in [0.25, 0.3) is 17.3 Å². The van der Waals surface area contributed by atoms with Crippen molar-refractivity contribution >= 4 is 11.6 Å². The molecule has 2 aromatic carbocycles. The minimum Gasteiger partial charge on any atom is -0.497 e. The average Bonchev–Trinajstić information content (AvgIpc) is 3.08. The maximum absolute atomic E-state index is 9.46. The van der Waals surface area contributed by atoms with Crippen molar-refractivity contribution in [1.29, 1.82) is 5.26 Å². The van der Waals surface area contributed by atoms with E-state index < -0.39 is 0 Å². The fourth-order valence-corrected chi connectivity index (χ4v) is 2.44. The van der Waals surface area contributed by atoms with Gasteiger partial charge in [-0.2, -0.15) is 5.26 Å². The molecule has 0 radical (unpaired) electrons. The van der Waals surface area contributed by atoms with Crippen molar-refractivity contribution in [3.63, 3.8) is 0 Å². The molecule has 112 valence electrons. The molecule has 3 heteroatoms. The van der Waals surface area contributed by atoms with Crippen molar-refractivity contribution in [3.8, 4) is 17.5 Å². The predicted molar refractivity (Wildman–Crippen MR) is 92.2 cm³/mol. The van der Waals surface area contributed by atoms with Crippen molar-refractivity contribution in [2.45, 2.75) is 0 Å². The molecule has 0 spiro atoms. The minimum absolute atomic E-state index is 0.638. The first-order chi connectivity index (χ1) is 11.3. The van der Waals surface area contributed by atoms with Crippen molar-refractivity contribution in [2.75, 3.05) is 7.11 Å². The molecule has 0 aliphatic carbocycles. The van der Waals surface area contributed by atoms with Gasteiger partial charge >= 0.3 is 0 Å². The summed E-state index contributed by atoms with van der Waals surface area (Å²) >= 11 is 0. The Balaban J connectivity index is 2.00. The molecule has 3 rings (SSSR count). The van der Waals surface area contributed by atoms with E-state index in [0.29, 0.717) is 5.57 Å². The number of nitriles is 1. The summed E-state index contributed by atoms with van der Waals surface area (Å²) in [4.78, 5) is 0. The van der Waals surface area contributed by atoms with E-state index in [2.05, 4.69) is 6.07 Å². The van der Waals surface area contributed by atoms with E-state index in [1.165, 1.54) is 0 Å². The Kier molecular flexibility index (Phi) is 4.26. The van der Waals surface area contributed by atoms with E-state index in [1.807, 2.05) is 83.6 Å². The van der Waals surface area contributed by atoms with Gasteiger partial charge in [-0.05, 0) is 48.0 Å². The smallest absolute Gasteiger partial charge is 0.119 e. The van der Waals surface area contributed by atoms with Crippen LogP contribution in [0.4, 0.5) is 0 Å². The van der Waals surface area contributed by atoms with Crippen LogP contribution in [0.1, 0.15) is 11.3 Å². The Morgan fingerprint density at radius 1 is 1.00 bits per heavy atom. The molecule has 23 heavy (non-hydrogen) atoms. The maximum Gasteiger partial charge on any atom is 0.119 e. The number of rotatable bonds is 4. The molecule has 0 aliphatic rings. The first-order valence-electron chi connectivity index (χ1n) is 7.31. The quantitative estimate of drug-likeness (QED) is 0.663. The van der Waals surface area contributed by atoms with E-state index in [9.17, 15) is 5.26 Å². The van der Waals surface area contributed by atoms with Gasteiger partial charge in [0, 0.05) is 17.6 Å². The molecule has 3 aromatic rings. The SMILES string of the molecule is COc1ccc(-n2cccc2/C=C(\C#N)c2ccccc2)cc1. The molecule has 0 N–H and O–H groups in total. The van der Waals surface area contributed by atoms with Crippen molar-refractivity contribution < 1.29 is 4.74 Å². The Morgan fingerprint density at radius 2 is 1.74 bits per heavy atom. The molecule has 0 bridgehead atoms. The molecule has 3 nitrogen and oxygen atoms in total. The summed E-state index contributed by atoms with van der Waals surface area (Å²) in [6.45, 7) is 0. The highest BCUT2D eigenvalue weighted by Crippen LogP contribution is 2.21. The molecule has 0 fully saturated rings. The van der Waals surface area contributed by atoms with E-state index in [4.69, 9.17) is 4.74 Å². The zero-order chi connectivity index (χ0) is 16.1. The van der Waals surface area contributed by atoms with Crippen LogP contribution in [0.5, 0.6) is 5.75 Å². The fourth-order valence-electron chi connectivity index (χ4n) is 2.44. The predicted octanol–water partition coefficient (Wildman–Crippen LogP) is 4.55. The zero-order valence-electron chi connectivity index (χ0n) is 12.8. The summed E-state index contributed by atoms with van der Waals surface area (Å²) in [6, 6.07) is 23.8. The number of aromatic nitrogens is 1. The van der Waals surface area contributed by atoms with Gasteiger partial charge < -0.3 is 9.30 Å². The summed E-state index contributed by atoms with van der Waals surface area (Å²) in [5.74, 6) is 0.819. The molecule has 0 amide bonds. The second-order valence-corrected chi connectivity index (χ2v) is 5.04. The fraction of sp³-hybridized carbons (Fsp3) is 0.0500. The maximum atomic E-state index is 9.46. The van der Waals surface area contributed by atoms with E-state index in [1.54, 1.807) is 7.11 Å². The number of ether oxygens (including phenoxy) is 1. The number of nitrogens with zero attached hydrogens (tertiary/aromatic N) is 2. The second-order valence-electron chi connectivity index (χ2n) is 5.04. The van der Waals surface area contributed by atoms with Crippen LogP contribution < -0.4 is 4.74 Å². The lowest BCUT2D eigenvalue weighted by molar-refractivity contribution is 0.414. The monoisotopic (exact) mass is 300 g/mol. The van der Waals surface area contributed by atoms with Crippen LogP contribution in [-0.2, 0) is 0 Å². The van der Waals surface area contributed by atoms with Crippen LogP contribution in [0, 0.1) is 11.3 Å². The van der Waals surface area contributed by atoms with Crippen LogP contribution in [0.15, 0.2) is 72.9 Å². The summed E-state index contributed by atoms with van der Waals surface area (Å²) in [5.41, 5.74) is 3.53. The van der Waals surface area contributed by atoms with Gasteiger partial charge in [0.2, 0.25) is 0 Å². The summed E-state index contributed by atoms with van der Waals surface area (Å²) in [5, 5.41) is 9.46. The Bertz CT molecular complexity index is 853. The van der Waals surface area contributed by atoms with Gasteiger partial charge in [-0.3, -0.25) is 0 Å². The van der Waals surface area contributed by atoms with Gasteiger partial charge in [0.15, 0.2) is 0 Å². The molecule has 0 unspecified atom stereocenters. The van der Waals surface area contributed by atoms with Gasteiger partial charge in [-0.25, -0.2) is 0 Å². The van der Waals surface area contributed by atoms with Crippen LogP contribution in [0.2, 0.25) is 0 Å². The number of methoxy groups -OCH3 is 1. The largest absolute Gasteiger partial charge is 0.497 e. The Labute approximate surface area is 135 Å². The highest BCUT2D eigenvalue weighted by atomic mass is 16.5. The van der Waals surface area contributed by atoms with Crippen LogP contribution in [-0.4, -0.2) is 11.7 Å². The van der Waals surface area contributed by atoms with Crippen LogP contribution >= 0.6 is 0 Å². The summed E-state index contributed by atoms with van der Waals surface area (Å²) in [7, 11) is 1.65. The van der Waals surface area contributed by atoms with E-state index in [0.717, 1.165) is 22.7 Å². The molecule has 0 saturated carbocycles. The third kappa shape index (κ3) is 3.17. The van der Waals surface area contributed by atoms with Crippen molar-refractivity contribution in [1.82, 2.24) is 4.57 Å². The molecular weight excluding hydrogens is 284 g/mol. The highest BCUT2D eigenvalue weighted by Gasteiger charge is 2.05.